The molecule has 2 aliphatic rings. The summed E-state index contributed by atoms with van der Waals surface area (Å²) in [5.74, 6) is 0.193. The van der Waals surface area contributed by atoms with Crippen molar-refractivity contribution in [1.82, 2.24) is 15.2 Å². The van der Waals surface area contributed by atoms with Gasteiger partial charge in [0.05, 0.1) is 23.2 Å². The third kappa shape index (κ3) is 3.78. The van der Waals surface area contributed by atoms with E-state index in [1.807, 2.05) is 17.0 Å². The van der Waals surface area contributed by atoms with Crippen LogP contribution in [0.15, 0.2) is 52.9 Å². The molecule has 1 aromatic heterocycles. The van der Waals surface area contributed by atoms with Crippen molar-refractivity contribution in [1.29, 1.82) is 0 Å². The number of rotatable bonds is 7. The Morgan fingerprint density at radius 1 is 1.32 bits per heavy atom. The topological polar surface area (TPSA) is 45.2 Å². The number of fused-ring (bicyclic) bond motifs is 2. The van der Waals surface area contributed by atoms with Crippen molar-refractivity contribution in [2.24, 2.45) is 5.41 Å². The van der Waals surface area contributed by atoms with E-state index in [-0.39, 0.29) is 11.3 Å². The van der Waals surface area contributed by atoms with Crippen LogP contribution in [0.25, 0.3) is 0 Å². The van der Waals surface area contributed by atoms with Crippen molar-refractivity contribution in [2.45, 2.75) is 58.2 Å². The summed E-state index contributed by atoms with van der Waals surface area (Å²) in [4.78, 5) is 20.5. The van der Waals surface area contributed by atoms with Crippen LogP contribution in [0.3, 0.4) is 0 Å². The molecule has 2 aromatic rings. The highest BCUT2D eigenvalue weighted by Gasteiger charge is 2.59. The molecule has 3 heterocycles. The lowest BCUT2D eigenvalue weighted by molar-refractivity contribution is -0.133. The fourth-order valence-electron chi connectivity index (χ4n) is 5.02. The molecule has 4 nitrogen and oxygen atoms in total. The highest BCUT2D eigenvalue weighted by molar-refractivity contribution is 7.07. The molecule has 3 atom stereocenters. The first-order valence-corrected chi connectivity index (χ1v) is 11.1. The molecule has 4 rings (SSSR count). The van der Waals surface area contributed by atoms with Crippen LogP contribution in [0.1, 0.15) is 44.4 Å². The molecule has 28 heavy (non-hydrogen) atoms. The Hall–Kier alpha value is -1.98. The molecule has 0 radical (unpaired) electrons. The van der Waals surface area contributed by atoms with E-state index < -0.39 is 0 Å². The first-order chi connectivity index (χ1) is 13.6. The van der Waals surface area contributed by atoms with Gasteiger partial charge in [-0.25, -0.2) is 4.98 Å². The van der Waals surface area contributed by atoms with Crippen LogP contribution >= 0.6 is 11.3 Å². The van der Waals surface area contributed by atoms with Gasteiger partial charge in [0, 0.05) is 24.0 Å². The predicted molar refractivity (Wildman–Crippen MR) is 114 cm³/mol. The molecular formula is C23H29N3OS. The largest absolute Gasteiger partial charge is 0.350 e. The molecule has 0 spiro atoms. The summed E-state index contributed by atoms with van der Waals surface area (Å²) in [6, 6.07) is 11.3. The van der Waals surface area contributed by atoms with E-state index in [0.29, 0.717) is 18.6 Å². The smallest absolute Gasteiger partial charge is 0.228 e. The Balaban J connectivity index is 1.59. The Labute approximate surface area is 171 Å². The van der Waals surface area contributed by atoms with Gasteiger partial charge >= 0.3 is 0 Å². The normalized spacial score (nSPS) is 26.4. The second kappa shape index (κ2) is 8.18. The van der Waals surface area contributed by atoms with Crippen molar-refractivity contribution in [2.75, 3.05) is 6.54 Å². The summed E-state index contributed by atoms with van der Waals surface area (Å²) in [5.41, 5.74) is 5.00. The minimum atomic E-state index is -0.351. The number of thiazole rings is 1. The average molecular weight is 396 g/mol. The van der Waals surface area contributed by atoms with Gasteiger partial charge in [0.2, 0.25) is 5.91 Å². The number of hydrogen-bond donors (Lipinski definition) is 1. The third-order valence-electron chi connectivity index (χ3n) is 6.32. The van der Waals surface area contributed by atoms with E-state index in [0.717, 1.165) is 31.5 Å². The Bertz CT molecular complexity index is 829. The summed E-state index contributed by atoms with van der Waals surface area (Å²) in [7, 11) is 0. The number of aromatic nitrogens is 1. The average Bonchev–Trinajstić information content (AvgIpc) is 3.41. The van der Waals surface area contributed by atoms with E-state index in [4.69, 9.17) is 0 Å². The van der Waals surface area contributed by atoms with Crippen LogP contribution in [-0.2, 0) is 17.8 Å². The molecule has 148 valence electrons. The number of amides is 1. The van der Waals surface area contributed by atoms with E-state index in [2.05, 4.69) is 59.4 Å². The van der Waals surface area contributed by atoms with E-state index in [1.165, 1.54) is 17.6 Å². The minimum Gasteiger partial charge on any atom is -0.350 e. The molecule has 2 bridgehead atoms. The first kappa shape index (κ1) is 19.3. The van der Waals surface area contributed by atoms with Crippen molar-refractivity contribution in [3.05, 3.63) is 64.1 Å². The molecule has 1 aromatic carbocycles. The van der Waals surface area contributed by atoms with Crippen LogP contribution in [0.2, 0.25) is 0 Å². The lowest BCUT2D eigenvalue weighted by Crippen LogP contribution is -2.50. The number of carbonyl (C=O) groups excluding carboxylic acids is 1. The molecule has 0 aliphatic carbocycles. The molecule has 1 N–H and O–H groups in total. The van der Waals surface area contributed by atoms with E-state index in [1.54, 1.807) is 11.3 Å². The third-order valence-corrected chi connectivity index (χ3v) is 6.95. The predicted octanol–water partition coefficient (Wildman–Crippen LogP) is 4.19. The molecule has 2 fully saturated rings. The maximum absolute atomic E-state index is 13.6. The lowest BCUT2D eigenvalue weighted by atomic mass is 9.69. The number of benzene rings is 1. The number of allylic oxidation sites excluding steroid dienone is 1. The first-order valence-electron chi connectivity index (χ1n) is 10.2. The van der Waals surface area contributed by atoms with Crippen molar-refractivity contribution < 1.29 is 4.79 Å². The van der Waals surface area contributed by atoms with Crippen LogP contribution in [0.5, 0.6) is 0 Å². The van der Waals surface area contributed by atoms with E-state index in [9.17, 15) is 4.79 Å². The van der Waals surface area contributed by atoms with Gasteiger partial charge < -0.3 is 5.32 Å². The number of nitrogens with one attached hydrogen (secondary N) is 1. The van der Waals surface area contributed by atoms with Gasteiger partial charge in [0.15, 0.2) is 0 Å². The monoisotopic (exact) mass is 395 g/mol. The Morgan fingerprint density at radius 3 is 2.86 bits per heavy atom. The van der Waals surface area contributed by atoms with Crippen LogP contribution < -0.4 is 5.32 Å². The van der Waals surface area contributed by atoms with E-state index >= 15 is 0 Å². The fourth-order valence-corrected chi connectivity index (χ4v) is 5.57. The fraction of sp³-hybridized carbons (Fsp3) is 0.478. The zero-order chi connectivity index (χ0) is 19.6. The van der Waals surface area contributed by atoms with Crippen molar-refractivity contribution in [3.63, 3.8) is 0 Å². The van der Waals surface area contributed by atoms with Gasteiger partial charge in [-0.1, -0.05) is 42.0 Å². The quantitative estimate of drug-likeness (QED) is 0.715. The Morgan fingerprint density at radius 2 is 2.14 bits per heavy atom. The second-order valence-corrected chi connectivity index (χ2v) is 9.13. The summed E-state index contributed by atoms with van der Waals surface area (Å²) in [6.07, 6.45) is 6.38. The summed E-state index contributed by atoms with van der Waals surface area (Å²) in [5, 5.41) is 5.23. The van der Waals surface area contributed by atoms with Crippen molar-refractivity contribution in [3.8, 4) is 0 Å². The standard InChI is InChI=1S/C23H29N3OS/c1-17(2)10-11-26-20-8-9-21(26)23(13-20,12-18-6-4-3-5-7-18)22(27)24-14-19-15-28-16-25-19/h3-7,10,15-16,20-21H,8-9,11-14H2,1-2H3,(H,24,27)/t20-,21+,23+/m0/s1. The highest BCUT2D eigenvalue weighted by atomic mass is 32.1. The highest BCUT2D eigenvalue weighted by Crippen LogP contribution is 2.51. The summed E-state index contributed by atoms with van der Waals surface area (Å²) in [6.45, 7) is 5.77. The number of hydrogen-bond acceptors (Lipinski definition) is 4. The zero-order valence-electron chi connectivity index (χ0n) is 16.7. The molecule has 2 saturated heterocycles. The SMILES string of the molecule is CC(C)=CCN1[C@H]2CC[C@@H]1[C@](Cc1ccccc1)(C(=O)NCc1cscn1)C2. The number of carbonyl (C=O) groups is 1. The molecule has 1 amide bonds. The molecule has 5 heteroatoms. The van der Waals surface area contributed by atoms with Gasteiger partial charge in [-0.05, 0) is 45.1 Å². The molecule has 0 unspecified atom stereocenters. The second-order valence-electron chi connectivity index (χ2n) is 8.41. The lowest BCUT2D eigenvalue weighted by Gasteiger charge is -2.36. The maximum Gasteiger partial charge on any atom is 0.228 e. The molecular weight excluding hydrogens is 366 g/mol. The minimum absolute atomic E-state index is 0.193. The molecule has 2 aliphatic heterocycles. The van der Waals surface area contributed by atoms with Crippen LogP contribution in [0, 0.1) is 5.41 Å². The van der Waals surface area contributed by atoms with Crippen LogP contribution in [0.4, 0.5) is 0 Å². The summed E-state index contributed by atoms with van der Waals surface area (Å²) < 4.78 is 0. The van der Waals surface area contributed by atoms with Gasteiger partial charge in [-0.3, -0.25) is 9.69 Å². The Kier molecular flexibility index (Phi) is 5.65. The molecule has 0 saturated carbocycles. The van der Waals surface area contributed by atoms with Gasteiger partial charge in [0.1, 0.15) is 0 Å². The number of nitrogens with zero attached hydrogens (tertiary/aromatic N) is 2. The van der Waals surface area contributed by atoms with Gasteiger partial charge in [0.25, 0.3) is 0 Å². The van der Waals surface area contributed by atoms with Gasteiger partial charge in [-0.2, -0.15) is 0 Å². The maximum atomic E-state index is 13.6. The van der Waals surface area contributed by atoms with Crippen LogP contribution in [-0.4, -0.2) is 34.4 Å². The summed E-state index contributed by atoms with van der Waals surface area (Å²) >= 11 is 1.57. The van der Waals surface area contributed by atoms with Gasteiger partial charge in [-0.15, -0.1) is 11.3 Å². The zero-order valence-corrected chi connectivity index (χ0v) is 17.5. The van der Waals surface area contributed by atoms with Crippen molar-refractivity contribution >= 4 is 17.2 Å².